The summed E-state index contributed by atoms with van der Waals surface area (Å²) in [6, 6.07) is 17.8. The Morgan fingerprint density at radius 3 is 2.49 bits per heavy atom. The normalized spacial score (nSPS) is 18.1. The third-order valence-electron chi connectivity index (χ3n) is 6.62. The lowest BCUT2D eigenvalue weighted by Gasteiger charge is -2.26. The van der Waals surface area contributed by atoms with E-state index in [-0.39, 0.29) is 11.3 Å². The molecule has 0 saturated carbocycles. The molecule has 1 amide bonds. The number of nitrogens with zero attached hydrogens (tertiary/aromatic N) is 2. The molecule has 1 unspecified atom stereocenters. The first-order valence-corrected chi connectivity index (χ1v) is 11.8. The maximum atomic E-state index is 13.4. The van der Waals surface area contributed by atoms with Crippen molar-refractivity contribution in [3.63, 3.8) is 0 Å². The number of amides is 1. The number of Topliss-reactive ketones (excluding diaryl/α,β-unsaturated/α-hetero) is 1. The number of benzene rings is 3. The summed E-state index contributed by atoms with van der Waals surface area (Å²) in [4.78, 5) is 28.2. The Balaban J connectivity index is 1.70. The molecule has 5 rings (SSSR count). The quantitative estimate of drug-likeness (QED) is 0.314. The second-order valence-electron chi connectivity index (χ2n) is 8.72. The molecule has 2 aliphatic heterocycles. The van der Waals surface area contributed by atoms with Gasteiger partial charge in [-0.25, -0.2) is 0 Å². The Kier molecular flexibility index (Phi) is 6.28. The first-order valence-electron chi connectivity index (χ1n) is 11.8. The van der Waals surface area contributed by atoms with Crippen LogP contribution in [0.4, 0.5) is 5.69 Å². The zero-order valence-electron chi connectivity index (χ0n) is 20.4. The van der Waals surface area contributed by atoms with Gasteiger partial charge in [0.25, 0.3) is 11.7 Å². The lowest BCUT2D eigenvalue weighted by Crippen LogP contribution is -2.29. The van der Waals surface area contributed by atoms with Crippen molar-refractivity contribution < 1.29 is 28.9 Å². The van der Waals surface area contributed by atoms with Crippen molar-refractivity contribution in [2.45, 2.75) is 18.9 Å². The number of rotatable bonds is 5. The number of ketones is 1. The van der Waals surface area contributed by atoms with E-state index in [1.54, 1.807) is 60.7 Å². The van der Waals surface area contributed by atoms with Crippen molar-refractivity contribution in [3.8, 4) is 23.3 Å². The van der Waals surface area contributed by atoms with Crippen molar-refractivity contribution in [1.82, 2.24) is 0 Å². The molecule has 1 N–H and O–H groups in total. The zero-order chi connectivity index (χ0) is 26.1. The Morgan fingerprint density at radius 2 is 1.78 bits per heavy atom. The molecule has 1 atom stereocenters. The topological polar surface area (TPSA) is 109 Å². The van der Waals surface area contributed by atoms with E-state index < -0.39 is 17.7 Å². The Labute approximate surface area is 213 Å². The van der Waals surface area contributed by atoms with Crippen LogP contribution in [-0.4, -0.2) is 37.6 Å². The zero-order valence-corrected chi connectivity index (χ0v) is 20.4. The van der Waals surface area contributed by atoms with E-state index in [4.69, 9.17) is 14.2 Å². The van der Waals surface area contributed by atoms with Crippen molar-refractivity contribution in [2.75, 3.05) is 25.7 Å². The summed E-state index contributed by atoms with van der Waals surface area (Å²) in [7, 11) is 3.01. The molecule has 2 heterocycles. The van der Waals surface area contributed by atoms with Crippen molar-refractivity contribution in [2.24, 2.45) is 0 Å². The summed E-state index contributed by atoms with van der Waals surface area (Å²) < 4.78 is 16.5. The first-order chi connectivity index (χ1) is 18.0. The van der Waals surface area contributed by atoms with Crippen LogP contribution in [0.3, 0.4) is 0 Å². The standard InChI is InChI=1S/C29H24N2O6/c1-35-23-12-7-19(15-24(23)36-2)26-25(27(32)20-8-11-22-18(14-20)4-3-13-37-22)28(33)29(34)31(26)21-9-5-17(16-30)6-10-21/h5-12,14-15,26,32H,3-4,13H2,1-2H3/b27-25+. The van der Waals surface area contributed by atoms with Crippen LogP contribution in [0.15, 0.2) is 66.2 Å². The number of methoxy groups -OCH3 is 2. The van der Waals surface area contributed by atoms with Crippen molar-refractivity contribution in [1.29, 1.82) is 5.26 Å². The molecule has 0 bridgehead atoms. The number of aliphatic hydroxyl groups is 1. The average molecular weight is 497 g/mol. The second kappa shape index (κ2) is 9.70. The summed E-state index contributed by atoms with van der Waals surface area (Å²) in [5.41, 5.74) is 2.69. The van der Waals surface area contributed by atoms with Gasteiger partial charge in [-0.2, -0.15) is 5.26 Å². The highest BCUT2D eigenvalue weighted by atomic mass is 16.5. The highest BCUT2D eigenvalue weighted by molar-refractivity contribution is 6.51. The Morgan fingerprint density at radius 1 is 1.03 bits per heavy atom. The molecule has 1 fully saturated rings. The van der Waals surface area contributed by atoms with Gasteiger partial charge in [-0.05, 0) is 78.6 Å². The number of fused-ring (bicyclic) bond motifs is 1. The number of carbonyl (C=O) groups is 2. The van der Waals surface area contributed by atoms with Gasteiger partial charge in [0.1, 0.15) is 11.5 Å². The molecule has 186 valence electrons. The minimum absolute atomic E-state index is 0.0433. The molecule has 0 aliphatic carbocycles. The van der Waals surface area contributed by atoms with Gasteiger partial charge < -0.3 is 19.3 Å². The number of anilines is 1. The molecule has 0 aromatic heterocycles. The molecule has 8 nitrogen and oxygen atoms in total. The Hall–Kier alpha value is -4.77. The Bertz CT molecular complexity index is 1470. The van der Waals surface area contributed by atoms with Crippen LogP contribution >= 0.6 is 0 Å². The maximum absolute atomic E-state index is 13.4. The predicted octanol–water partition coefficient (Wildman–Crippen LogP) is 4.53. The van der Waals surface area contributed by atoms with Gasteiger partial charge in [-0.15, -0.1) is 0 Å². The number of hydrogen-bond acceptors (Lipinski definition) is 7. The predicted molar refractivity (Wildman–Crippen MR) is 136 cm³/mol. The number of aryl methyl sites for hydroxylation is 1. The molecular weight excluding hydrogens is 472 g/mol. The van der Waals surface area contributed by atoms with Gasteiger partial charge in [0.2, 0.25) is 0 Å². The average Bonchev–Trinajstić information content (AvgIpc) is 3.21. The third-order valence-corrected chi connectivity index (χ3v) is 6.62. The molecule has 3 aromatic rings. The lowest BCUT2D eigenvalue weighted by atomic mass is 9.93. The van der Waals surface area contributed by atoms with Crippen LogP contribution in [0.2, 0.25) is 0 Å². The molecule has 0 spiro atoms. The van der Waals surface area contributed by atoms with Crippen molar-refractivity contribution >= 4 is 23.1 Å². The smallest absolute Gasteiger partial charge is 0.300 e. The molecule has 2 aliphatic rings. The van der Waals surface area contributed by atoms with E-state index in [1.807, 2.05) is 6.07 Å². The van der Waals surface area contributed by atoms with Crippen LogP contribution < -0.4 is 19.1 Å². The number of hydrogen-bond donors (Lipinski definition) is 1. The molecule has 3 aromatic carbocycles. The molecule has 37 heavy (non-hydrogen) atoms. The number of ether oxygens (including phenoxy) is 3. The highest BCUT2D eigenvalue weighted by Gasteiger charge is 2.47. The van der Waals surface area contributed by atoms with Gasteiger partial charge in [0.15, 0.2) is 11.5 Å². The fraction of sp³-hybridized carbons (Fsp3) is 0.207. The second-order valence-corrected chi connectivity index (χ2v) is 8.72. The number of nitriles is 1. The van der Waals surface area contributed by atoms with Gasteiger partial charge in [0, 0.05) is 11.3 Å². The molecule has 0 radical (unpaired) electrons. The van der Waals surface area contributed by atoms with E-state index in [9.17, 15) is 20.0 Å². The van der Waals surface area contributed by atoms with E-state index >= 15 is 0 Å². The third kappa shape index (κ3) is 4.15. The minimum Gasteiger partial charge on any atom is -0.507 e. The summed E-state index contributed by atoms with van der Waals surface area (Å²) in [5.74, 6) is -0.226. The maximum Gasteiger partial charge on any atom is 0.300 e. The van der Waals surface area contributed by atoms with Gasteiger partial charge in [-0.3, -0.25) is 14.5 Å². The monoisotopic (exact) mass is 496 g/mol. The number of carbonyl (C=O) groups excluding carboxylic acids is 2. The van der Waals surface area contributed by atoms with E-state index in [0.717, 1.165) is 24.2 Å². The van der Waals surface area contributed by atoms with Crippen molar-refractivity contribution in [3.05, 3.63) is 88.5 Å². The minimum atomic E-state index is -0.944. The van der Waals surface area contributed by atoms with E-state index in [2.05, 4.69) is 0 Å². The fourth-order valence-electron chi connectivity index (χ4n) is 4.80. The summed E-state index contributed by atoms with van der Waals surface area (Å²) in [6.07, 6.45) is 1.64. The molecule has 8 heteroatoms. The summed E-state index contributed by atoms with van der Waals surface area (Å²) in [5, 5.41) is 20.6. The van der Waals surface area contributed by atoms with Crippen LogP contribution in [0.1, 0.15) is 34.7 Å². The van der Waals surface area contributed by atoms with Crippen LogP contribution in [0.5, 0.6) is 17.2 Å². The first kappa shape index (κ1) is 23.9. The van der Waals surface area contributed by atoms with Gasteiger partial charge in [0.05, 0.1) is 44.1 Å². The number of aliphatic hydroxyl groups excluding tert-OH is 1. The van der Waals surface area contributed by atoms with E-state index in [0.29, 0.717) is 40.5 Å². The SMILES string of the molecule is COc1ccc(C2/C(=C(\O)c3ccc4c(c3)CCCO4)C(=O)C(=O)N2c2ccc(C#N)cc2)cc1OC. The molecule has 1 saturated heterocycles. The van der Waals surface area contributed by atoms with E-state index in [1.165, 1.54) is 19.1 Å². The van der Waals surface area contributed by atoms with Gasteiger partial charge >= 0.3 is 0 Å². The summed E-state index contributed by atoms with van der Waals surface area (Å²) >= 11 is 0. The molecular formula is C29H24N2O6. The highest BCUT2D eigenvalue weighted by Crippen LogP contribution is 2.44. The largest absolute Gasteiger partial charge is 0.507 e. The van der Waals surface area contributed by atoms with Crippen LogP contribution in [0, 0.1) is 11.3 Å². The fourth-order valence-corrected chi connectivity index (χ4v) is 4.80. The lowest BCUT2D eigenvalue weighted by molar-refractivity contribution is -0.132. The van der Waals surface area contributed by atoms with Crippen LogP contribution in [-0.2, 0) is 16.0 Å². The van der Waals surface area contributed by atoms with Gasteiger partial charge in [-0.1, -0.05) is 6.07 Å². The van der Waals surface area contributed by atoms with Crippen LogP contribution in [0.25, 0.3) is 5.76 Å². The summed E-state index contributed by atoms with van der Waals surface area (Å²) in [6.45, 7) is 0.632.